The van der Waals surface area contributed by atoms with Gasteiger partial charge in [-0.1, -0.05) is 6.92 Å². The fraction of sp³-hybridized carbons (Fsp3) is 0.462. The fourth-order valence-corrected chi connectivity index (χ4v) is 3.54. The normalized spacial score (nSPS) is 27.8. The molecule has 0 saturated carbocycles. The van der Waals surface area contributed by atoms with Crippen LogP contribution in [0.4, 0.5) is 10.1 Å². The lowest BCUT2D eigenvalue weighted by molar-refractivity contribution is -0.122. The molecule has 2 rings (SSSR count). The van der Waals surface area contributed by atoms with E-state index in [4.69, 9.17) is 5.73 Å². The molecular formula is C13H17FN2OS. The molecule has 2 atom stereocenters. The number of primary amides is 1. The minimum absolute atomic E-state index is 0.105. The Bertz CT molecular complexity index is 437. The SMILES string of the molecule is CC1SCCCC1(Nc1ccc(F)cc1)C(N)=O. The van der Waals surface area contributed by atoms with Gasteiger partial charge in [-0.15, -0.1) is 0 Å². The molecule has 1 aliphatic rings. The number of nitrogens with two attached hydrogens (primary N) is 1. The Morgan fingerprint density at radius 1 is 1.50 bits per heavy atom. The molecule has 1 aromatic rings. The van der Waals surface area contributed by atoms with Crippen LogP contribution in [0.3, 0.4) is 0 Å². The van der Waals surface area contributed by atoms with E-state index in [-0.39, 0.29) is 17.0 Å². The molecule has 0 spiro atoms. The van der Waals surface area contributed by atoms with E-state index in [2.05, 4.69) is 5.32 Å². The number of halogens is 1. The van der Waals surface area contributed by atoms with Crippen molar-refractivity contribution in [3.63, 3.8) is 0 Å². The summed E-state index contributed by atoms with van der Waals surface area (Å²) in [6, 6.07) is 6.01. The zero-order valence-corrected chi connectivity index (χ0v) is 11.1. The molecule has 1 fully saturated rings. The number of benzene rings is 1. The van der Waals surface area contributed by atoms with E-state index in [9.17, 15) is 9.18 Å². The van der Waals surface area contributed by atoms with Gasteiger partial charge in [0.1, 0.15) is 11.4 Å². The number of rotatable bonds is 3. The van der Waals surface area contributed by atoms with Gasteiger partial charge in [0.25, 0.3) is 0 Å². The van der Waals surface area contributed by atoms with Gasteiger partial charge in [0.2, 0.25) is 5.91 Å². The molecule has 1 amide bonds. The topological polar surface area (TPSA) is 55.1 Å². The van der Waals surface area contributed by atoms with Crippen LogP contribution < -0.4 is 11.1 Å². The van der Waals surface area contributed by atoms with Crippen LogP contribution in [-0.4, -0.2) is 22.4 Å². The Labute approximate surface area is 110 Å². The number of carbonyl (C=O) groups is 1. The van der Waals surface area contributed by atoms with Crippen LogP contribution >= 0.6 is 11.8 Å². The number of hydrogen-bond acceptors (Lipinski definition) is 3. The average Bonchev–Trinajstić information content (AvgIpc) is 2.35. The van der Waals surface area contributed by atoms with Gasteiger partial charge in [0.15, 0.2) is 0 Å². The van der Waals surface area contributed by atoms with Gasteiger partial charge >= 0.3 is 0 Å². The predicted molar refractivity (Wildman–Crippen MR) is 73.1 cm³/mol. The fourth-order valence-electron chi connectivity index (χ4n) is 2.30. The van der Waals surface area contributed by atoms with E-state index >= 15 is 0 Å². The lowest BCUT2D eigenvalue weighted by atomic mass is 9.88. The van der Waals surface area contributed by atoms with E-state index in [1.165, 1.54) is 12.1 Å². The molecule has 0 aliphatic carbocycles. The number of nitrogens with one attached hydrogen (secondary N) is 1. The van der Waals surface area contributed by atoms with Crippen molar-refractivity contribution in [1.82, 2.24) is 0 Å². The van der Waals surface area contributed by atoms with Gasteiger partial charge in [-0.25, -0.2) is 4.39 Å². The summed E-state index contributed by atoms with van der Waals surface area (Å²) < 4.78 is 12.9. The molecule has 1 aromatic carbocycles. The first-order chi connectivity index (χ1) is 8.54. The van der Waals surface area contributed by atoms with Crippen LogP contribution in [0.25, 0.3) is 0 Å². The smallest absolute Gasteiger partial charge is 0.244 e. The van der Waals surface area contributed by atoms with Crippen LogP contribution in [0.2, 0.25) is 0 Å². The molecule has 0 radical (unpaired) electrons. The molecule has 98 valence electrons. The highest BCUT2D eigenvalue weighted by Crippen LogP contribution is 2.36. The van der Waals surface area contributed by atoms with E-state index in [1.54, 1.807) is 23.9 Å². The molecule has 1 aliphatic heterocycles. The van der Waals surface area contributed by atoms with E-state index in [0.29, 0.717) is 6.42 Å². The first kappa shape index (κ1) is 13.2. The zero-order chi connectivity index (χ0) is 13.2. The minimum atomic E-state index is -0.735. The van der Waals surface area contributed by atoms with Crippen LogP contribution in [-0.2, 0) is 4.79 Å². The predicted octanol–water partition coefficient (Wildman–Crippen LogP) is 2.38. The van der Waals surface area contributed by atoms with Gasteiger partial charge in [-0.2, -0.15) is 11.8 Å². The Morgan fingerprint density at radius 3 is 2.72 bits per heavy atom. The van der Waals surface area contributed by atoms with Crippen molar-refractivity contribution in [2.45, 2.75) is 30.6 Å². The number of anilines is 1. The first-order valence-electron chi connectivity index (χ1n) is 6.00. The molecule has 3 nitrogen and oxygen atoms in total. The molecule has 0 bridgehead atoms. The van der Waals surface area contributed by atoms with Crippen LogP contribution in [0.15, 0.2) is 24.3 Å². The van der Waals surface area contributed by atoms with E-state index in [0.717, 1.165) is 17.9 Å². The summed E-state index contributed by atoms with van der Waals surface area (Å²) in [6.45, 7) is 2.01. The van der Waals surface area contributed by atoms with Crippen molar-refractivity contribution in [3.05, 3.63) is 30.1 Å². The molecule has 3 N–H and O–H groups in total. The molecule has 0 aromatic heterocycles. The minimum Gasteiger partial charge on any atom is -0.370 e. The van der Waals surface area contributed by atoms with E-state index < -0.39 is 5.54 Å². The summed E-state index contributed by atoms with van der Waals surface area (Å²) in [5.41, 5.74) is 5.57. The third-order valence-corrected chi connectivity index (χ3v) is 4.86. The number of hydrogen-bond donors (Lipinski definition) is 2. The molecule has 2 unspecified atom stereocenters. The van der Waals surface area contributed by atoms with E-state index in [1.807, 2.05) is 6.92 Å². The number of thioether (sulfide) groups is 1. The maximum Gasteiger partial charge on any atom is 0.244 e. The third kappa shape index (κ3) is 2.46. The first-order valence-corrected chi connectivity index (χ1v) is 7.05. The van der Waals surface area contributed by atoms with Crippen LogP contribution in [0.5, 0.6) is 0 Å². The number of carbonyl (C=O) groups excluding carboxylic acids is 1. The quantitative estimate of drug-likeness (QED) is 0.885. The zero-order valence-electron chi connectivity index (χ0n) is 10.3. The highest BCUT2D eigenvalue weighted by molar-refractivity contribution is 8.00. The lowest BCUT2D eigenvalue weighted by Gasteiger charge is -2.40. The maximum atomic E-state index is 12.9. The highest BCUT2D eigenvalue weighted by atomic mass is 32.2. The summed E-state index contributed by atoms with van der Waals surface area (Å²) in [6.07, 6.45) is 1.67. The molecular weight excluding hydrogens is 251 g/mol. The number of amides is 1. The molecule has 5 heteroatoms. The van der Waals surface area contributed by atoms with Gasteiger partial charge in [0, 0.05) is 10.9 Å². The van der Waals surface area contributed by atoms with Gasteiger partial charge in [-0.05, 0) is 42.9 Å². The largest absolute Gasteiger partial charge is 0.370 e. The average molecular weight is 268 g/mol. The second-order valence-corrected chi connectivity index (χ2v) is 6.03. The molecule has 1 heterocycles. The third-order valence-electron chi connectivity index (χ3n) is 3.43. The van der Waals surface area contributed by atoms with Crippen molar-refractivity contribution in [3.8, 4) is 0 Å². The van der Waals surface area contributed by atoms with Crippen LogP contribution in [0, 0.1) is 5.82 Å². The standard InChI is InChI=1S/C13H17FN2OS/c1-9-13(12(15)17,7-2-8-18-9)16-11-5-3-10(14)4-6-11/h3-6,9,16H,2,7-8H2,1H3,(H2,15,17). The summed E-state index contributed by atoms with van der Waals surface area (Å²) in [5.74, 6) is 0.410. The Balaban J connectivity index is 2.25. The summed E-state index contributed by atoms with van der Waals surface area (Å²) in [4.78, 5) is 11.8. The Morgan fingerprint density at radius 2 is 2.17 bits per heavy atom. The van der Waals surface area contributed by atoms with Crippen molar-refractivity contribution < 1.29 is 9.18 Å². The summed E-state index contributed by atoms with van der Waals surface area (Å²) in [5, 5.41) is 3.31. The Hall–Kier alpha value is -1.23. The van der Waals surface area contributed by atoms with Crippen molar-refractivity contribution >= 4 is 23.4 Å². The molecule has 18 heavy (non-hydrogen) atoms. The highest BCUT2D eigenvalue weighted by Gasteiger charge is 2.44. The summed E-state index contributed by atoms with van der Waals surface area (Å²) in [7, 11) is 0. The van der Waals surface area contributed by atoms with Gasteiger partial charge < -0.3 is 11.1 Å². The van der Waals surface area contributed by atoms with Crippen molar-refractivity contribution in [1.29, 1.82) is 0 Å². The summed E-state index contributed by atoms with van der Waals surface area (Å²) >= 11 is 1.74. The second-order valence-electron chi connectivity index (χ2n) is 4.58. The van der Waals surface area contributed by atoms with Crippen molar-refractivity contribution in [2.24, 2.45) is 5.73 Å². The van der Waals surface area contributed by atoms with Gasteiger partial charge in [0.05, 0.1) is 0 Å². The lowest BCUT2D eigenvalue weighted by Crippen LogP contribution is -2.58. The second kappa shape index (κ2) is 5.18. The maximum absolute atomic E-state index is 12.9. The van der Waals surface area contributed by atoms with Crippen molar-refractivity contribution in [2.75, 3.05) is 11.1 Å². The molecule has 1 saturated heterocycles. The van der Waals surface area contributed by atoms with Gasteiger partial charge in [-0.3, -0.25) is 4.79 Å². The van der Waals surface area contributed by atoms with Crippen LogP contribution in [0.1, 0.15) is 19.8 Å². The monoisotopic (exact) mass is 268 g/mol. The Kier molecular flexibility index (Phi) is 3.80.